The maximum Gasteiger partial charge on any atom is 0.241 e. The summed E-state index contributed by atoms with van der Waals surface area (Å²) in [6, 6.07) is 0. The number of anilines is 1. The third kappa shape index (κ3) is 2.82. The third-order valence-electron chi connectivity index (χ3n) is 2.82. The predicted molar refractivity (Wildman–Crippen MR) is 69.6 cm³/mol. The molecule has 100 valence electrons. The smallest absolute Gasteiger partial charge is 0.241 e. The van der Waals surface area contributed by atoms with Crippen molar-refractivity contribution < 1.29 is 4.74 Å². The fourth-order valence-corrected chi connectivity index (χ4v) is 2.06. The summed E-state index contributed by atoms with van der Waals surface area (Å²) in [5.41, 5.74) is 0. The van der Waals surface area contributed by atoms with Gasteiger partial charge >= 0.3 is 0 Å². The van der Waals surface area contributed by atoms with Crippen LogP contribution in [0, 0.1) is 0 Å². The van der Waals surface area contributed by atoms with E-state index in [1.54, 1.807) is 23.3 Å². The lowest BCUT2D eigenvalue weighted by Gasteiger charge is -2.19. The lowest BCUT2D eigenvalue weighted by Crippen LogP contribution is -2.28. The van der Waals surface area contributed by atoms with Crippen molar-refractivity contribution in [1.29, 1.82) is 0 Å². The van der Waals surface area contributed by atoms with Gasteiger partial charge in [0.15, 0.2) is 0 Å². The van der Waals surface area contributed by atoms with Crippen molar-refractivity contribution in [3.05, 3.63) is 24.0 Å². The van der Waals surface area contributed by atoms with Crippen LogP contribution in [-0.4, -0.2) is 50.8 Å². The maximum absolute atomic E-state index is 5.97. The quantitative estimate of drug-likeness (QED) is 0.815. The summed E-state index contributed by atoms with van der Waals surface area (Å²) < 4.78 is 7.12. The van der Waals surface area contributed by atoms with Gasteiger partial charge in [-0.1, -0.05) is 0 Å². The van der Waals surface area contributed by atoms with Gasteiger partial charge in [0.25, 0.3) is 0 Å². The van der Waals surface area contributed by atoms with E-state index in [-0.39, 0.29) is 5.28 Å². The van der Waals surface area contributed by atoms with E-state index in [1.165, 1.54) is 0 Å². The molecular formula is C11H13ClN6O. The standard InChI is InChI=1S/C11H13ClN6O/c12-9-14-10(17-3-1-6-19-7-5-17)16-11(15-9)18-4-2-13-8-18/h2,4,8H,1,3,5-7H2. The molecule has 2 aromatic heterocycles. The lowest BCUT2D eigenvalue weighted by atomic mass is 10.4. The Morgan fingerprint density at radius 3 is 2.84 bits per heavy atom. The number of imidazole rings is 1. The van der Waals surface area contributed by atoms with E-state index in [0.29, 0.717) is 18.5 Å². The zero-order valence-corrected chi connectivity index (χ0v) is 11.0. The van der Waals surface area contributed by atoms with Gasteiger partial charge in [-0.25, -0.2) is 4.98 Å². The summed E-state index contributed by atoms with van der Waals surface area (Å²) in [5.74, 6) is 1.05. The second-order valence-corrected chi connectivity index (χ2v) is 4.47. The Bertz CT molecular complexity index is 538. The molecule has 1 saturated heterocycles. The monoisotopic (exact) mass is 280 g/mol. The summed E-state index contributed by atoms with van der Waals surface area (Å²) in [5, 5.41) is 0.180. The number of rotatable bonds is 2. The SMILES string of the molecule is Clc1nc(N2CCCOCC2)nc(-n2ccnc2)n1. The molecule has 1 aliphatic heterocycles. The Hall–Kier alpha value is -1.73. The van der Waals surface area contributed by atoms with Gasteiger partial charge in [-0.2, -0.15) is 15.0 Å². The van der Waals surface area contributed by atoms with Crippen molar-refractivity contribution >= 4 is 17.5 Å². The molecule has 0 atom stereocenters. The normalized spacial score (nSPS) is 16.4. The molecule has 3 heterocycles. The number of ether oxygens (including phenoxy) is 1. The minimum atomic E-state index is 0.180. The second kappa shape index (κ2) is 5.50. The Balaban J connectivity index is 1.92. The van der Waals surface area contributed by atoms with Gasteiger partial charge in [0, 0.05) is 32.1 Å². The molecule has 19 heavy (non-hydrogen) atoms. The highest BCUT2D eigenvalue weighted by Crippen LogP contribution is 2.14. The van der Waals surface area contributed by atoms with Gasteiger partial charge < -0.3 is 9.64 Å². The van der Waals surface area contributed by atoms with Crippen LogP contribution < -0.4 is 4.90 Å². The number of hydrogen-bond acceptors (Lipinski definition) is 6. The van der Waals surface area contributed by atoms with Crippen molar-refractivity contribution in [1.82, 2.24) is 24.5 Å². The van der Waals surface area contributed by atoms with Crippen molar-refractivity contribution in [3.8, 4) is 5.95 Å². The molecule has 2 aromatic rings. The number of hydrogen-bond donors (Lipinski definition) is 0. The molecule has 0 N–H and O–H groups in total. The maximum atomic E-state index is 5.97. The van der Waals surface area contributed by atoms with Crippen LogP contribution in [-0.2, 0) is 4.74 Å². The molecule has 0 aliphatic carbocycles. The van der Waals surface area contributed by atoms with Crippen LogP contribution in [0.1, 0.15) is 6.42 Å². The minimum Gasteiger partial charge on any atom is -0.380 e. The van der Waals surface area contributed by atoms with Crippen LogP contribution in [0.25, 0.3) is 5.95 Å². The van der Waals surface area contributed by atoms with Gasteiger partial charge in [-0.15, -0.1) is 0 Å². The first-order valence-corrected chi connectivity index (χ1v) is 6.43. The first kappa shape index (κ1) is 12.3. The van der Waals surface area contributed by atoms with Gasteiger partial charge in [0.1, 0.15) is 6.33 Å². The Kier molecular flexibility index (Phi) is 3.56. The molecule has 0 bridgehead atoms. The highest BCUT2D eigenvalue weighted by atomic mass is 35.5. The molecule has 0 aromatic carbocycles. The van der Waals surface area contributed by atoms with Crippen molar-refractivity contribution in [3.63, 3.8) is 0 Å². The molecule has 0 saturated carbocycles. The van der Waals surface area contributed by atoms with Crippen molar-refractivity contribution in [2.75, 3.05) is 31.2 Å². The topological polar surface area (TPSA) is 69.0 Å². The molecule has 8 heteroatoms. The van der Waals surface area contributed by atoms with Crippen molar-refractivity contribution in [2.45, 2.75) is 6.42 Å². The average molecular weight is 281 g/mol. The highest BCUT2D eigenvalue weighted by molar-refractivity contribution is 6.28. The van der Waals surface area contributed by atoms with Crippen LogP contribution >= 0.6 is 11.6 Å². The van der Waals surface area contributed by atoms with E-state index in [2.05, 4.69) is 24.8 Å². The molecule has 7 nitrogen and oxygen atoms in total. The summed E-state index contributed by atoms with van der Waals surface area (Å²) >= 11 is 5.97. The van der Waals surface area contributed by atoms with Gasteiger partial charge in [0.2, 0.25) is 17.2 Å². The summed E-state index contributed by atoms with van der Waals surface area (Å²) in [4.78, 5) is 18.7. The van der Waals surface area contributed by atoms with Crippen LogP contribution in [0.15, 0.2) is 18.7 Å². The van der Waals surface area contributed by atoms with Gasteiger partial charge in [0.05, 0.1) is 6.61 Å². The first-order chi connectivity index (χ1) is 9.33. The van der Waals surface area contributed by atoms with E-state index < -0.39 is 0 Å². The largest absolute Gasteiger partial charge is 0.380 e. The zero-order chi connectivity index (χ0) is 13.1. The first-order valence-electron chi connectivity index (χ1n) is 6.05. The van der Waals surface area contributed by atoms with Crippen LogP contribution in [0.3, 0.4) is 0 Å². The number of nitrogens with zero attached hydrogens (tertiary/aromatic N) is 6. The van der Waals surface area contributed by atoms with E-state index in [4.69, 9.17) is 16.3 Å². The summed E-state index contributed by atoms with van der Waals surface area (Å²) in [7, 11) is 0. The molecular weight excluding hydrogens is 268 g/mol. The lowest BCUT2D eigenvalue weighted by molar-refractivity contribution is 0.152. The Morgan fingerprint density at radius 1 is 1.11 bits per heavy atom. The molecule has 0 unspecified atom stereocenters. The second-order valence-electron chi connectivity index (χ2n) is 4.13. The van der Waals surface area contributed by atoms with Gasteiger partial charge in [-0.3, -0.25) is 4.57 Å². The fraction of sp³-hybridized carbons (Fsp3) is 0.455. The molecule has 0 amide bonds. The van der Waals surface area contributed by atoms with Crippen LogP contribution in [0.4, 0.5) is 5.95 Å². The summed E-state index contributed by atoms with van der Waals surface area (Å²) in [6.07, 6.45) is 6.00. The minimum absolute atomic E-state index is 0.180. The van der Waals surface area contributed by atoms with Crippen LogP contribution in [0.5, 0.6) is 0 Å². The van der Waals surface area contributed by atoms with E-state index in [9.17, 15) is 0 Å². The molecule has 1 aliphatic rings. The average Bonchev–Trinajstić information content (AvgIpc) is 2.81. The Labute approximate surface area is 115 Å². The van der Waals surface area contributed by atoms with Crippen LogP contribution in [0.2, 0.25) is 5.28 Å². The number of halogens is 1. The molecule has 3 rings (SSSR count). The van der Waals surface area contributed by atoms with E-state index >= 15 is 0 Å². The molecule has 0 spiro atoms. The highest BCUT2D eigenvalue weighted by Gasteiger charge is 2.15. The fourth-order valence-electron chi connectivity index (χ4n) is 1.91. The number of aromatic nitrogens is 5. The van der Waals surface area contributed by atoms with E-state index in [0.717, 1.165) is 26.1 Å². The molecule has 1 fully saturated rings. The molecule has 0 radical (unpaired) electrons. The van der Waals surface area contributed by atoms with E-state index in [1.807, 2.05) is 0 Å². The van der Waals surface area contributed by atoms with Gasteiger partial charge in [-0.05, 0) is 18.0 Å². The van der Waals surface area contributed by atoms with Crippen molar-refractivity contribution in [2.24, 2.45) is 0 Å². The zero-order valence-electron chi connectivity index (χ0n) is 10.2. The Morgan fingerprint density at radius 2 is 2.00 bits per heavy atom. The summed E-state index contributed by atoms with van der Waals surface area (Å²) in [6.45, 7) is 3.04. The predicted octanol–water partition coefficient (Wildman–Crippen LogP) is 0.937. The third-order valence-corrected chi connectivity index (χ3v) is 2.99.